The zero-order valence-corrected chi connectivity index (χ0v) is 18.9. The van der Waals surface area contributed by atoms with Crippen molar-refractivity contribution in [3.05, 3.63) is 100 Å². The smallest absolute Gasteiger partial charge is 0.336 e. The number of halogens is 1. The van der Waals surface area contributed by atoms with Gasteiger partial charge in [-0.3, -0.25) is 9.89 Å². The van der Waals surface area contributed by atoms with Crippen molar-refractivity contribution in [2.24, 2.45) is 0 Å². The number of hydrogen-bond acceptors (Lipinski definition) is 5. The number of carbonyl (C=O) groups is 2. The Morgan fingerprint density at radius 2 is 1.82 bits per heavy atom. The van der Waals surface area contributed by atoms with Crippen molar-refractivity contribution in [2.45, 2.75) is 31.6 Å². The van der Waals surface area contributed by atoms with Gasteiger partial charge in [-0.2, -0.15) is 5.10 Å². The number of H-pyrrole nitrogens is 1. The van der Waals surface area contributed by atoms with Crippen LogP contribution in [0, 0.1) is 5.82 Å². The number of nitrogens with one attached hydrogen (secondary N) is 2. The molecule has 0 fully saturated rings. The molecule has 34 heavy (non-hydrogen) atoms. The van der Waals surface area contributed by atoms with Gasteiger partial charge in [-0.1, -0.05) is 42.5 Å². The summed E-state index contributed by atoms with van der Waals surface area (Å²) in [5, 5.41) is 10.6. The van der Waals surface area contributed by atoms with Crippen LogP contribution in [0.25, 0.3) is 11.3 Å². The molecule has 0 saturated carbocycles. The van der Waals surface area contributed by atoms with E-state index in [2.05, 4.69) is 15.5 Å². The first kappa shape index (κ1) is 21.8. The normalized spacial score (nSPS) is 20.1. The highest BCUT2D eigenvalue weighted by atomic mass is 19.1. The molecule has 2 aromatic carbocycles. The van der Waals surface area contributed by atoms with E-state index in [1.165, 1.54) is 19.2 Å². The third kappa shape index (κ3) is 3.73. The Balaban J connectivity index is 1.63. The summed E-state index contributed by atoms with van der Waals surface area (Å²) in [5.41, 5.74) is 5.69. The highest BCUT2D eigenvalue weighted by Gasteiger charge is 2.42. The van der Waals surface area contributed by atoms with Gasteiger partial charge in [0.25, 0.3) is 0 Å². The van der Waals surface area contributed by atoms with Crippen molar-refractivity contribution >= 4 is 11.8 Å². The van der Waals surface area contributed by atoms with Gasteiger partial charge < -0.3 is 10.1 Å². The molecular formula is C27H24FN3O3. The Hall–Kier alpha value is -4.00. The molecule has 0 radical (unpaired) electrons. The second-order valence-corrected chi connectivity index (χ2v) is 8.63. The molecule has 172 valence electrons. The summed E-state index contributed by atoms with van der Waals surface area (Å²) in [6.07, 6.45) is 2.53. The van der Waals surface area contributed by atoms with Gasteiger partial charge in [0.2, 0.25) is 0 Å². The average Bonchev–Trinajstić information content (AvgIpc) is 3.33. The Labute approximate surface area is 196 Å². The van der Waals surface area contributed by atoms with E-state index in [0.717, 1.165) is 28.1 Å². The lowest BCUT2D eigenvalue weighted by Crippen LogP contribution is -2.36. The summed E-state index contributed by atoms with van der Waals surface area (Å²) in [7, 11) is 1.34. The van der Waals surface area contributed by atoms with Gasteiger partial charge in [-0.15, -0.1) is 0 Å². The fourth-order valence-electron chi connectivity index (χ4n) is 5.05. The highest BCUT2D eigenvalue weighted by Crippen LogP contribution is 2.47. The van der Waals surface area contributed by atoms with Crippen LogP contribution >= 0.6 is 0 Å². The summed E-state index contributed by atoms with van der Waals surface area (Å²) >= 11 is 0. The number of aromatic nitrogens is 2. The fraction of sp³-hybridized carbons (Fsp3) is 0.222. The number of benzene rings is 2. The minimum Gasteiger partial charge on any atom is -0.466 e. The van der Waals surface area contributed by atoms with Crippen molar-refractivity contribution in [1.82, 2.24) is 15.5 Å². The fourth-order valence-corrected chi connectivity index (χ4v) is 5.05. The van der Waals surface area contributed by atoms with Crippen LogP contribution in [0.5, 0.6) is 0 Å². The van der Waals surface area contributed by atoms with Crippen LogP contribution in [0.15, 0.2) is 83.3 Å². The number of dihydropyridines is 1. The number of ketones is 1. The average molecular weight is 458 g/mol. The minimum absolute atomic E-state index is 0.0535. The van der Waals surface area contributed by atoms with Crippen LogP contribution in [0.1, 0.15) is 42.7 Å². The van der Waals surface area contributed by atoms with Crippen molar-refractivity contribution in [1.29, 1.82) is 0 Å². The molecule has 0 unspecified atom stereocenters. The van der Waals surface area contributed by atoms with Gasteiger partial charge >= 0.3 is 5.97 Å². The maximum atomic E-state index is 13.6. The summed E-state index contributed by atoms with van der Waals surface area (Å²) in [4.78, 5) is 26.5. The van der Waals surface area contributed by atoms with E-state index in [9.17, 15) is 14.0 Å². The SMILES string of the molecule is COC(=O)C1=C(C)NC2=C(C(=O)C[C@H](c3ccc(F)cc3)C2)[C@H]1c1cn[nH]c1-c1ccccc1. The molecular weight excluding hydrogens is 433 g/mol. The van der Waals surface area contributed by atoms with Gasteiger partial charge in [0.05, 0.1) is 30.5 Å². The first-order chi connectivity index (χ1) is 16.5. The number of aromatic amines is 1. The number of allylic oxidation sites excluding steroid dienone is 3. The molecule has 0 bridgehead atoms. The molecule has 1 aromatic heterocycles. The van der Waals surface area contributed by atoms with Crippen LogP contribution in [0.2, 0.25) is 0 Å². The topological polar surface area (TPSA) is 84.1 Å². The molecule has 2 N–H and O–H groups in total. The lowest BCUT2D eigenvalue weighted by atomic mass is 9.71. The van der Waals surface area contributed by atoms with Crippen molar-refractivity contribution in [2.75, 3.05) is 7.11 Å². The Kier molecular flexibility index (Phi) is 5.61. The van der Waals surface area contributed by atoms with E-state index in [1.54, 1.807) is 18.3 Å². The number of ether oxygens (including phenoxy) is 1. The van der Waals surface area contributed by atoms with E-state index in [1.807, 2.05) is 37.3 Å². The standard InChI is InChI=1S/C27H24FN3O3/c1-15-23(27(33)34-2)24(20-14-29-31-26(20)17-6-4-3-5-7-17)25-21(30-15)12-18(13-22(25)32)16-8-10-19(28)11-9-16/h3-11,14,18,24,30H,12-13H2,1-2H3,(H,29,31)/t18-,24+/m1/s1. The first-order valence-corrected chi connectivity index (χ1v) is 11.1. The molecule has 0 saturated heterocycles. The number of rotatable bonds is 4. The molecule has 0 spiro atoms. The van der Waals surface area contributed by atoms with E-state index in [4.69, 9.17) is 4.74 Å². The summed E-state index contributed by atoms with van der Waals surface area (Å²) in [6.45, 7) is 1.82. The Bertz CT molecular complexity index is 1320. The number of hydrogen-bond donors (Lipinski definition) is 2. The van der Waals surface area contributed by atoms with Crippen LogP contribution < -0.4 is 5.32 Å². The van der Waals surface area contributed by atoms with Gasteiger partial charge in [-0.05, 0) is 42.5 Å². The zero-order chi connectivity index (χ0) is 23.8. The number of methoxy groups -OCH3 is 1. The van der Waals surface area contributed by atoms with E-state index in [0.29, 0.717) is 23.3 Å². The molecule has 1 aliphatic carbocycles. The monoisotopic (exact) mass is 457 g/mol. The highest BCUT2D eigenvalue weighted by molar-refractivity contribution is 6.04. The second-order valence-electron chi connectivity index (χ2n) is 8.63. The van der Waals surface area contributed by atoms with Gasteiger partial charge in [-0.25, -0.2) is 9.18 Å². The Morgan fingerprint density at radius 3 is 2.53 bits per heavy atom. The number of carbonyl (C=O) groups excluding carboxylic acids is 2. The van der Waals surface area contributed by atoms with Gasteiger partial charge in [0, 0.05) is 29.0 Å². The number of nitrogens with zero attached hydrogens (tertiary/aromatic N) is 1. The summed E-state index contributed by atoms with van der Waals surface area (Å²) < 4.78 is 18.6. The van der Waals surface area contributed by atoms with Crippen molar-refractivity contribution in [3.8, 4) is 11.3 Å². The van der Waals surface area contributed by atoms with Crippen LogP contribution in [0.4, 0.5) is 4.39 Å². The molecule has 2 aliphatic rings. The Morgan fingerprint density at radius 1 is 1.09 bits per heavy atom. The van der Waals surface area contributed by atoms with E-state index >= 15 is 0 Å². The quantitative estimate of drug-likeness (QED) is 0.553. The van der Waals surface area contributed by atoms with Crippen molar-refractivity contribution in [3.63, 3.8) is 0 Å². The maximum absolute atomic E-state index is 13.6. The molecule has 2 atom stereocenters. The van der Waals surface area contributed by atoms with Gasteiger partial charge in [0.15, 0.2) is 5.78 Å². The van der Waals surface area contributed by atoms with Crippen LogP contribution in [0.3, 0.4) is 0 Å². The summed E-state index contributed by atoms with van der Waals surface area (Å²) in [5.74, 6) is -1.54. The number of Topliss-reactive ketones (excluding diaryl/α,β-unsaturated/α-hetero) is 1. The second kappa shape index (κ2) is 8.74. The molecule has 5 rings (SSSR count). The minimum atomic E-state index is -0.612. The number of esters is 1. The zero-order valence-electron chi connectivity index (χ0n) is 18.9. The van der Waals surface area contributed by atoms with Crippen molar-refractivity contribution < 1.29 is 18.7 Å². The lowest BCUT2D eigenvalue weighted by Gasteiger charge is -2.36. The van der Waals surface area contributed by atoms with Gasteiger partial charge in [0.1, 0.15) is 5.82 Å². The summed E-state index contributed by atoms with van der Waals surface area (Å²) in [6, 6.07) is 16.0. The largest absolute Gasteiger partial charge is 0.466 e. The third-order valence-electron chi connectivity index (χ3n) is 6.62. The molecule has 1 aliphatic heterocycles. The van der Waals surface area contributed by atoms with E-state index < -0.39 is 11.9 Å². The molecule has 3 aromatic rings. The molecule has 0 amide bonds. The lowest BCUT2D eigenvalue weighted by molar-refractivity contribution is -0.136. The molecule has 7 heteroatoms. The predicted molar refractivity (Wildman–Crippen MR) is 125 cm³/mol. The molecule has 2 heterocycles. The maximum Gasteiger partial charge on any atom is 0.336 e. The predicted octanol–water partition coefficient (Wildman–Crippen LogP) is 4.75. The van der Waals surface area contributed by atoms with E-state index in [-0.39, 0.29) is 23.9 Å². The third-order valence-corrected chi connectivity index (χ3v) is 6.62. The van der Waals surface area contributed by atoms with Crippen LogP contribution in [-0.2, 0) is 14.3 Å². The first-order valence-electron chi connectivity index (χ1n) is 11.1. The van der Waals surface area contributed by atoms with Crippen LogP contribution in [-0.4, -0.2) is 29.1 Å². The molecule has 6 nitrogen and oxygen atoms in total.